The van der Waals surface area contributed by atoms with E-state index in [9.17, 15) is 9.18 Å². The number of benzene rings is 1. The molecule has 1 aromatic carbocycles. The normalized spacial score (nSPS) is 20.9. The van der Waals surface area contributed by atoms with Gasteiger partial charge in [-0.25, -0.2) is 9.18 Å². The largest absolute Gasteiger partial charge is 0.493 e. The van der Waals surface area contributed by atoms with Crippen LogP contribution in [0, 0.1) is 0 Å². The molecule has 0 radical (unpaired) electrons. The molecule has 2 aliphatic heterocycles. The lowest BCUT2D eigenvalue weighted by atomic mass is 9.99. The van der Waals surface area contributed by atoms with E-state index in [-0.39, 0.29) is 0 Å². The molecule has 1 atom stereocenters. The molecular weight excluding hydrogens is 403 g/mol. The average Bonchev–Trinajstić information content (AvgIpc) is 3.00. The van der Waals surface area contributed by atoms with Gasteiger partial charge in [0.1, 0.15) is 11.4 Å². The van der Waals surface area contributed by atoms with Crippen LogP contribution in [0.25, 0.3) is 11.3 Å². The number of aromatic amines is 1. The molecule has 3 heterocycles. The third kappa shape index (κ3) is 5.42. The molecule has 164 valence electrons. The summed E-state index contributed by atoms with van der Waals surface area (Å²) in [6, 6.07) is 5.89. The quantitative estimate of drug-likeness (QED) is 0.629. The minimum Gasteiger partial charge on any atom is -0.493 e. The second-order valence-corrected chi connectivity index (χ2v) is 8.54. The SMILES string of the molecule is C1CNC1.CC1(F)CCc2c(-c3ccc4c(c3)OCCC4)nc(=O)[nH]c21.CNSC. The lowest BCUT2D eigenvalue weighted by Crippen LogP contribution is -2.29. The summed E-state index contributed by atoms with van der Waals surface area (Å²) in [4.78, 5) is 18.5. The first-order valence-corrected chi connectivity index (χ1v) is 11.7. The molecule has 0 spiro atoms. The maximum Gasteiger partial charge on any atom is 0.345 e. The number of aromatic nitrogens is 2. The van der Waals surface area contributed by atoms with Gasteiger partial charge < -0.3 is 15.0 Å². The molecule has 1 aromatic heterocycles. The van der Waals surface area contributed by atoms with Gasteiger partial charge in [-0.15, -0.1) is 0 Å². The van der Waals surface area contributed by atoms with Crippen LogP contribution in [0.1, 0.15) is 43.0 Å². The average molecular weight is 435 g/mol. The van der Waals surface area contributed by atoms with Crippen molar-refractivity contribution in [1.29, 1.82) is 0 Å². The smallest absolute Gasteiger partial charge is 0.345 e. The van der Waals surface area contributed by atoms with Gasteiger partial charge >= 0.3 is 5.69 Å². The van der Waals surface area contributed by atoms with E-state index in [1.807, 2.05) is 31.5 Å². The number of aryl methyl sites for hydroxylation is 1. The fraction of sp³-hybridized carbons (Fsp3) is 0.545. The topological polar surface area (TPSA) is 79.0 Å². The second-order valence-electron chi connectivity index (χ2n) is 7.73. The zero-order valence-corrected chi connectivity index (χ0v) is 18.8. The van der Waals surface area contributed by atoms with Gasteiger partial charge in [0.25, 0.3) is 0 Å². The monoisotopic (exact) mass is 434 g/mol. The molecule has 5 rings (SSSR count). The third-order valence-electron chi connectivity index (χ3n) is 5.50. The number of nitrogens with one attached hydrogen (secondary N) is 3. The molecule has 30 heavy (non-hydrogen) atoms. The first-order valence-electron chi connectivity index (χ1n) is 10.5. The number of fused-ring (bicyclic) bond motifs is 2. The zero-order valence-electron chi connectivity index (χ0n) is 17.9. The van der Waals surface area contributed by atoms with E-state index < -0.39 is 11.4 Å². The van der Waals surface area contributed by atoms with Gasteiger partial charge in [-0.2, -0.15) is 4.98 Å². The summed E-state index contributed by atoms with van der Waals surface area (Å²) in [6.07, 6.45) is 6.35. The lowest BCUT2D eigenvalue weighted by Gasteiger charge is -2.18. The molecule has 2 aromatic rings. The van der Waals surface area contributed by atoms with Crippen molar-refractivity contribution in [3.05, 3.63) is 45.5 Å². The van der Waals surface area contributed by atoms with Crippen molar-refractivity contribution in [2.75, 3.05) is 33.0 Å². The fourth-order valence-corrected chi connectivity index (χ4v) is 3.57. The van der Waals surface area contributed by atoms with Crippen molar-refractivity contribution in [2.45, 2.75) is 44.7 Å². The van der Waals surface area contributed by atoms with Gasteiger partial charge in [-0.1, -0.05) is 24.1 Å². The van der Waals surface area contributed by atoms with Crippen molar-refractivity contribution < 1.29 is 9.13 Å². The standard InChI is InChI=1S/C17H17FN2O2.C3H7N.C2H7NS/c1-17(18)7-6-12-14(19-16(21)20-15(12)17)11-5-4-10-3-2-8-22-13(10)9-11;1-2-4-3-1;1-3-4-2/h4-5,9H,2-3,6-8H2,1H3,(H,19,20,21);4H,1-3H2;3H,1-2H3. The highest BCUT2D eigenvalue weighted by molar-refractivity contribution is 7.96. The van der Waals surface area contributed by atoms with E-state index in [2.05, 4.69) is 20.0 Å². The molecule has 8 heteroatoms. The molecule has 0 saturated carbocycles. The van der Waals surface area contributed by atoms with Crippen molar-refractivity contribution in [3.8, 4) is 17.0 Å². The van der Waals surface area contributed by atoms with E-state index in [0.29, 0.717) is 30.8 Å². The van der Waals surface area contributed by atoms with Crippen molar-refractivity contribution in [2.24, 2.45) is 0 Å². The Balaban J connectivity index is 0.000000272. The van der Waals surface area contributed by atoms with Crippen LogP contribution in [0.15, 0.2) is 23.0 Å². The minimum atomic E-state index is -1.49. The van der Waals surface area contributed by atoms with Crippen LogP contribution in [-0.4, -0.2) is 43.0 Å². The minimum absolute atomic E-state index is 0.373. The lowest BCUT2D eigenvalue weighted by molar-refractivity contribution is 0.188. The van der Waals surface area contributed by atoms with Crippen LogP contribution in [-0.2, 0) is 18.5 Å². The molecule has 1 fully saturated rings. The summed E-state index contributed by atoms with van der Waals surface area (Å²) in [5.74, 6) is 0.848. The van der Waals surface area contributed by atoms with Crippen molar-refractivity contribution in [3.63, 3.8) is 0 Å². The van der Waals surface area contributed by atoms with Gasteiger partial charge in [0.15, 0.2) is 0 Å². The van der Waals surface area contributed by atoms with Crippen LogP contribution in [0.4, 0.5) is 4.39 Å². The van der Waals surface area contributed by atoms with Crippen molar-refractivity contribution in [1.82, 2.24) is 20.0 Å². The first kappa shape index (κ1) is 22.8. The number of hydrogen-bond acceptors (Lipinski definition) is 6. The molecule has 0 amide bonds. The summed E-state index contributed by atoms with van der Waals surface area (Å²) in [5.41, 5.74) is 1.76. The van der Waals surface area contributed by atoms with Gasteiger partial charge in [0.05, 0.1) is 18.0 Å². The number of alkyl halides is 1. The zero-order chi connectivity index (χ0) is 21.6. The van der Waals surface area contributed by atoms with Crippen LogP contribution in [0.2, 0.25) is 0 Å². The van der Waals surface area contributed by atoms with Crippen LogP contribution >= 0.6 is 11.9 Å². The number of H-pyrrole nitrogens is 1. The predicted molar refractivity (Wildman–Crippen MR) is 121 cm³/mol. The van der Waals surface area contributed by atoms with E-state index in [4.69, 9.17) is 4.74 Å². The molecule has 3 aliphatic rings. The number of nitrogens with zero attached hydrogens (tertiary/aromatic N) is 1. The Morgan fingerprint density at radius 2 is 1.97 bits per heavy atom. The van der Waals surface area contributed by atoms with Crippen LogP contribution < -0.4 is 20.5 Å². The Bertz CT molecular complexity index is 906. The van der Waals surface area contributed by atoms with Crippen molar-refractivity contribution >= 4 is 11.9 Å². The molecule has 1 unspecified atom stereocenters. The highest BCUT2D eigenvalue weighted by Crippen LogP contribution is 2.41. The van der Waals surface area contributed by atoms with E-state index in [0.717, 1.165) is 29.7 Å². The van der Waals surface area contributed by atoms with Gasteiger partial charge in [-0.3, -0.25) is 4.72 Å². The molecule has 1 saturated heterocycles. The van der Waals surface area contributed by atoms with E-state index in [1.165, 1.54) is 32.0 Å². The molecule has 6 nitrogen and oxygen atoms in total. The Morgan fingerprint density at radius 1 is 1.27 bits per heavy atom. The summed E-state index contributed by atoms with van der Waals surface area (Å²) in [6.45, 7) is 4.72. The molecular formula is C22H31FN4O2S. The van der Waals surface area contributed by atoms with Gasteiger partial charge in [0, 0.05) is 11.1 Å². The fourth-order valence-electron chi connectivity index (χ4n) is 3.57. The number of hydrogen-bond donors (Lipinski definition) is 3. The Labute approximate surface area is 181 Å². The molecule has 3 N–H and O–H groups in total. The molecule has 1 aliphatic carbocycles. The number of ether oxygens (including phenoxy) is 1. The van der Waals surface area contributed by atoms with E-state index >= 15 is 0 Å². The maximum atomic E-state index is 14.5. The number of rotatable bonds is 2. The predicted octanol–water partition coefficient (Wildman–Crippen LogP) is 3.36. The summed E-state index contributed by atoms with van der Waals surface area (Å²) in [7, 11) is 1.89. The highest BCUT2D eigenvalue weighted by Gasteiger charge is 2.37. The summed E-state index contributed by atoms with van der Waals surface area (Å²) in [5, 5.41) is 3.11. The Hall–Kier alpha value is -1.90. The van der Waals surface area contributed by atoms with Crippen LogP contribution in [0.3, 0.4) is 0 Å². The first-order chi connectivity index (χ1) is 14.5. The van der Waals surface area contributed by atoms with Gasteiger partial charge in [0.2, 0.25) is 0 Å². The Morgan fingerprint density at radius 3 is 2.60 bits per heavy atom. The summed E-state index contributed by atoms with van der Waals surface area (Å²) >= 11 is 1.61. The Kier molecular flexibility index (Phi) is 7.91. The highest BCUT2D eigenvalue weighted by atomic mass is 32.2. The van der Waals surface area contributed by atoms with Gasteiger partial charge in [-0.05, 0) is 77.1 Å². The maximum absolute atomic E-state index is 14.5. The molecule has 0 bridgehead atoms. The second kappa shape index (κ2) is 10.4. The summed E-state index contributed by atoms with van der Waals surface area (Å²) < 4.78 is 23.1. The van der Waals surface area contributed by atoms with E-state index in [1.54, 1.807) is 11.9 Å². The third-order valence-corrected chi connectivity index (χ3v) is 5.91. The van der Waals surface area contributed by atoms with Crippen LogP contribution in [0.5, 0.6) is 5.75 Å². The number of halogens is 1.